The van der Waals surface area contributed by atoms with Gasteiger partial charge in [-0.2, -0.15) is 5.10 Å². The molecule has 176 valence electrons. The number of anilines is 1. The number of benzene rings is 2. The van der Waals surface area contributed by atoms with Crippen molar-refractivity contribution in [3.63, 3.8) is 0 Å². The van der Waals surface area contributed by atoms with Crippen LogP contribution in [0.15, 0.2) is 60.8 Å². The zero-order chi connectivity index (χ0) is 24.5. The van der Waals surface area contributed by atoms with E-state index in [4.69, 9.17) is 9.72 Å². The van der Waals surface area contributed by atoms with Gasteiger partial charge in [-0.1, -0.05) is 53.3 Å². The number of carbonyl (C=O) groups excluding carboxylic acids is 1. The number of amides is 1. The lowest BCUT2D eigenvalue weighted by Gasteiger charge is -2.10. The molecule has 0 aliphatic heterocycles. The Hall–Kier alpha value is -4.11. The molecule has 35 heavy (non-hydrogen) atoms. The van der Waals surface area contributed by atoms with Crippen LogP contribution < -0.4 is 10.1 Å². The summed E-state index contributed by atoms with van der Waals surface area (Å²) in [7, 11) is 1.61. The van der Waals surface area contributed by atoms with Gasteiger partial charge in [-0.25, -0.2) is 9.67 Å². The van der Waals surface area contributed by atoms with Gasteiger partial charge in [0.15, 0.2) is 10.7 Å². The zero-order valence-corrected chi connectivity index (χ0v) is 20.6. The third-order valence-electron chi connectivity index (χ3n) is 5.63. The van der Waals surface area contributed by atoms with Crippen LogP contribution in [-0.2, 0) is 0 Å². The summed E-state index contributed by atoms with van der Waals surface area (Å²) in [4.78, 5) is 18.3. The first-order valence-corrected chi connectivity index (χ1v) is 12.0. The molecule has 0 saturated heterocycles. The molecule has 0 unspecified atom stereocenters. The number of para-hydroxylation sites is 1. The summed E-state index contributed by atoms with van der Waals surface area (Å²) in [5.74, 6) is 0.401. The minimum Gasteiger partial charge on any atom is -0.496 e. The molecular formula is C26H24N6O2S. The molecule has 3 aromatic heterocycles. The van der Waals surface area contributed by atoms with Crippen molar-refractivity contribution in [2.24, 2.45) is 0 Å². The van der Waals surface area contributed by atoms with E-state index in [1.54, 1.807) is 19.4 Å². The Labute approximate surface area is 206 Å². The van der Waals surface area contributed by atoms with Crippen LogP contribution in [0, 0.1) is 6.92 Å². The van der Waals surface area contributed by atoms with Gasteiger partial charge in [0.1, 0.15) is 5.75 Å². The van der Waals surface area contributed by atoms with Gasteiger partial charge in [0, 0.05) is 11.6 Å². The quantitative estimate of drug-likeness (QED) is 0.329. The van der Waals surface area contributed by atoms with Crippen molar-refractivity contribution >= 4 is 33.4 Å². The molecule has 8 nitrogen and oxygen atoms in total. The number of aromatic nitrogens is 5. The molecule has 0 saturated carbocycles. The lowest BCUT2D eigenvalue weighted by Crippen LogP contribution is -2.13. The fourth-order valence-electron chi connectivity index (χ4n) is 3.82. The number of pyridine rings is 1. The number of rotatable bonds is 6. The lowest BCUT2D eigenvalue weighted by molar-refractivity contribution is 0.102. The summed E-state index contributed by atoms with van der Waals surface area (Å²) in [6, 6.07) is 17.5. The molecule has 0 radical (unpaired) electrons. The van der Waals surface area contributed by atoms with Crippen LogP contribution in [0.3, 0.4) is 0 Å². The average molecular weight is 485 g/mol. The first-order valence-electron chi connectivity index (χ1n) is 11.2. The second-order valence-corrected chi connectivity index (χ2v) is 9.39. The molecule has 2 aromatic carbocycles. The van der Waals surface area contributed by atoms with Gasteiger partial charge in [-0.15, -0.1) is 10.2 Å². The highest BCUT2D eigenvalue weighted by Gasteiger charge is 2.20. The average Bonchev–Trinajstić information content (AvgIpc) is 3.51. The highest BCUT2D eigenvalue weighted by atomic mass is 32.1. The van der Waals surface area contributed by atoms with Gasteiger partial charge in [-0.05, 0) is 39.0 Å². The summed E-state index contributed by atoms with van der Waals surface area (Å²) in [5, 5.41) is 17.6. The number of methoxy groups -OCH3 is 1. The maximum atomic E-state index is 13.5. The smallest absolute Gasteiger partial charge is 0.258 e. The van der Waals surface area contributed by atoms with Crippen LogP contribution in [0.4, 0.5) is 5.13 Å². The van der Waals surface area contributed by atoms with Gasteiger partial charge >= 0.3 is 0 Å². The second-order valence-electron chi connectivity index (χ2n) is 8.41. The maximum Gasteiger partial charge on any atom is 0.258 e. The predicted molar refractivity (Wildman–Crippen MR) is 138 cm³/mol. The molecule has 5 aromatic rings. The van der Waals surface area contributed by atoms with E-state index >= 15 is 0 Å². The Morgan fingerprint density at radius 2 is 1.86 bits per heavy atom. The number of ether oxygens (including phenoxy) is 1. The number of aryl methyl sites for hydroxylation is 1. The predicted octanol–water partition coefficient (Wildman–Crippen LogP) is 5.77. The first kappa shape index (κ1) is 22.7. The van der Waals surface area contributed by atoms with Crippen LogP contribution in [0.1, 0.15) is 35.8 Å². The third kappa shape index (κ3) is 4.38. The van der Waals surface area contributed by atoms with Crippen LogP contribution in [0.5, 0.6) is 5.75 Å². The van der Waals surface area contributed by atoms with E-state index in [1.165, 1.54) is 11.3 Å². The van der Waals surface area contributed by atoms with Gasteiger partial charge in [0.2, 0.25) is 5.13 Å². The SMILES string of the molecule is COc1ccccc1-c1nnc(NC(=O)c2cc(-c3ccc(C)cc3)nc3c2cnn3C(C)C)s1. The van der Waals surface area contributed by atoms with E-state index in [1.807, 2.05) is 74.0 Å². The van der Waals surface area contributed by atoms with E-state index in [0.717, 1.165) is 16.7 Å². The first-order chi connectivity index (χ1) is 16.9. The summed E-state index contributed by atoms with van der Waals surface area (Å²) in [5.41, 5.74) is 4.75. The van der Waals surface area contributed by atoms with E-state index in [-0.39, 0.29) is 11.9 Å². The van der Waals surface area contributed by atoms with Crippen LogP contribution in [-0.4, -0.2) is 38.0 Å². The molecular weight excluding hydrogens is 460 g/mol. The van der Waals surface area contributed by atoms with Crippen molar-refractivity contribution in [3.8, 4) is 27.6 Å². The van der Waals surface area contributed by atoms with E-state index in [9.17, 15) is 4.79 Å². The molecule has 0 bridgehead atoms. The Morgan fingerprint density at radius 3 is 2.60 bits per heavy atom. The van der Waals surface area contributed by atoms with Crippen molar-refractivity contribution in [3.05, 3.63) is 71.9 Å². The molecule has 0 aliphatic carbocycles. The second kappa shape index (κ2) is 9.27. The number of nitrogens with zero attached hydrogens (tertiary/aromatic N) is 5. The van der Waals surface area contributed by atoms with Crippen molar-refractivity contribution < 1.29 is 9.53 Å². The number of hydrogen-bond donors (Lipinski definition) is 1. The Morgan fingerprint density at radius 1 is 1.09 bits per heavy atom. The highest BCUT2D eigenvalue weighted by Crippen LogP contribution is 2.34. The molecule has 3 heterocycles. The van der Waals surface area contributed by atoms with Gasteiger partial charge in [0.25, 0.3) is 5.91 Å². The molecule has 1 N–H and O–H groups in total. The standard InChI is InChI=1S/C26H24N6O2S/c1-15(2)32-23-20(14-27-32)19(13-21(28-23)17-11-9-16(3)10-12-17)24(33)29-26-31-30-25(35-26)18-7-5-6-8-22(18)34-4/h5-15H,1-4H3,(H,29,31,33). The van der Waals surface area contributed by atoms with E-state index < -0.39 is 0 Å². The molecule has 0 fully saturated rings. The lowest BCUT2D eigenvalue weighted by atomic mass is 10.1. The molecule has 1 amide bonds. The Kier molecular flexibility index (Phi) is 6.00. The molecule has 5 rings (SSSR count). The topological polar surface area (TPSA) is 94.8 Å². The highest BCUT2D eigenvalue weighted by molar-refractivity contribution is 7.18. The van der Waals surface area contributed by atoms with Crippen molar-refractivity contribution in [2.75, 3.05) is 12.4 Å². The van der Waals surface area contributed by atoms with Crippen LogP contribution in [0.2, 0.25) is 0 Å². The summed E-state index contributed by atoms with van der Waals surface area (Å²) >= 11 is 1.29. The largest absolute Gasteiger partial charge is 0.496 e. The minimum atomic E-state index is -0.295. The summed E-state index contributed by atoms with van der Waals surface area (Å²) < 4.78 is 7.25. The molecule has 0 atom stereocenters. The molecule has 0 spiro atoms. The van der Waals surface area contributed by atoms with Crippen LogP contribution >= 0.6 is 11.3 Å². The van der Waals surface area contributed by atoms with Crippen molar-refractivity contribution in [1.82, 2.24) is 25.0 Å². The van der Waals surface area contributed by atoms with Crippen LogP contribution in [0.25, 0.3) is 32.9 Å². The van der Waals surface area contributed by atoms with Gasteiger partial charge < -0.3 is 4.74 Å². The van der Waals surface area contributed by atoms with E-state index in [2.05, 4.69) is 20.6 Å². The van der Waals surface area contributed by atoms with Crippen molar-refractivity contribution in [1.29, 1.82) is 0 Å². The van der Waals surface area contributed by atoms with Gasteiger partial charge in [-0.3, -0.25) is 10.1 Å². The number of carbonyl (C=O) groups is 1. The number of nitrogens with one attached hydrogen (secondary N) is 1. The van der Waals surface area contributed by atoms with Gasteiger partial charge in [0.05, 0.1) is 35.5 Å². The zero-order valence-electron chi connectivity index (χ0n) is 19.8. The fourth-order valence-corrected chi connectivity index (χ4v) is 4.59. The Balaban J connectivity index is 1.53. The molecule has 0 aliphatic rings. The monoisotopic (exact) mass is 484 g/mol. The maximum absolute atomic E-state index is 13.5. The van der Waals surface area contributed by atoms with Crippen molar-refractivity contribution in [2.45, 2.75) is 26.8 Å². The summed E-state index contributed by atoms with van der Waals surface area (Å²) in [6.45, 7) is 6.11. The minimum absolute atomic E-state index is 0.0933. The Bertz CT molecular complexity index is 1520. The summed E-state index contributed by atoms with van der Waals surface area (Å²) in [6.07, 6.45) is 1.69. The fraction of sp³-hybridized carbons (Fsp3) is 0.192. The van der Waals surface area contributed by atoms with E-state index in [0.29, 0.717) is 38.2 Å². The number of fused-ring (bicyclic) bond motifs is 1. The molecule has 9 heteroatoms. The number of hydrogen-bond acceptors (Lipinski definition) is 7. The third-order valence-corrected chi connectivity index (χ3v) is 6.50. The normalized spacial score (nSPS) is 11.2.